The summed E-state index contributed by atoms with van der Waals surface area (Å²) in [6, 6.07) is 18.6. The highest BCUT2D eigenvalue weighted by Gasteiger charge is 2.16. The molecule has 1 heterocycles. The molecule has 150 valence electrons. The number of carbonyl (C=O) groups excluding carboxylic acids is 1. The first-order chi connectivity index (χ1) is 14.3. The molecule has 30 heavy (non-hydrogen) atoms. The first-order valence-electron chi connectivity index (χ1n) is 9.26. The van der Waals surface area contributed by atoms with E-state index >= 15 is 0 Å². The Labute approximate surface area is 193 Å². The Morgan fingerprint density at radius 3 is 2.40 bits per heavy atom. The number of rotatable bonds is 3. The summed E-state index contributed by atoms with van der Waals surface area (Å²) in [7, 11) is 0. The van der Waals surface area contributed by atoms with Gasteiger partial charge in [0.15, 0.2) is 0 Å². The van der Waals surface area contributed by atoms with Crippen LogP contribution in [0.4, 0.5) is 5.69 Å². The second-order valence-electron chi connectivity index (χ2n) is 7.12. The molecule has 0 bridgehead atoms. The second-order valence-corrected chi connectivity index (χ2v) is 8.82. The predicted molar refractivity (Wildman–Crippen MR) is 129 cm³/mol. The van der Waals surface area contributed by atoms with Crippen molar-refractivity contribution in [2.75, 3.05) is 5.32 Å². The van der Waals surface area contributed by atoms with Gasteiger partial charge in [0, 0.05) is 26.1 Å². The predicted octanol–water partition coefficient (Wildman–Crippen LogP) is 7.84. The summed E-state index contributed by atoms with van der Waals surface area (Å²) in [6.45, 7) is 4.01. The molecule has 0 aliphatic heterocycles. The van der Waals surface area contributed by atoms with Gasteiger partial charge in [-0.05, 0) is 77.8 Å². The average Bonchev–Trinajstić information content (AvgIpc) is 2.70. The number of amides is 1. The van der Waals surface area contributed by atoms with E-state index in [9.17, 15) is 4.79 Å². The van der Waals surface area contributed by atoms with E-state index in [0.29, 0.717) is 27.0 Å². The van der Waals surface area contributed by atoms with E-state index in [-0.39, 0.29) is 5.91 Å². The zero-order chi connectivity index (χ0) is 21.4. The molecule has 0 fully saturated rings. The van der Waals surface area contributed by atoms with Crippen LogP contribution < -0.4 is 5.32 Å². The number of hydrogen-bond donors (Lipinski definition) is 1. The van der Waals surface area contributed by atoms with E-state index in [1.807, 2.05) is 50.2 Å². The van der Waals surface area contributed by atoms with Crippen molar-refractivity contribution >= 4 is 61.6 Å². The number of carbonyl (C=O) groups is 1. The Morgan fingerprint density at radius 1 is 0.967 bits per heavy atom. The van der Waals surface area contributed by atoms with Gasteiger partial charge in [0.25, 0.3) is 5.91 Å². The van der Waals surface area contributed by atoms with Gasteiger partial charge in [0.2, 0.25) is 0 Å². The molecule has 0 spiro atoms. The molecule has 0 aliphatic carbocycles. The number of pyridine rings is 1. The quantitative estimate of drug-likeness (QED) is 0.312. The lowest BCUT2D eigenvalue weighted by Crippen LogP contribution is -2.13. The maximum Gasteiger partial charge on any atom is 0.256 e. The van der Waals surface area contributed by atoms with E-state index in [0.717, 1.165) is 32.1 Å². The van der Waals surface area contributed by atoms with Crippen LogP contribution in [0.5, 0.6) is 0 Å². The Morgan fingerprint density at radius 2 is 1.70 bits per heavy atom. The minimum atomic E-state index is -0.221. The van der Waals surface area contributed by atoms with Crippen molar-refractivity contribution < 1.29 is 4.79 Å². The van der Waals surface area contributed by atoms with E-state index in [1.165, 1.54) is 0 Å². The Hall–Kier alpha value is -2.40. The molecular formula is C24H17BrCl2N2O. The fourth-order valence-electron chi connectivity index (χ4n) is 3.41. The lowest BCUT2D eigenvalue weighted by Gasteiger charge is -2.13. The fraction of sp³-hybridized carbons (Fsp3) is 0.0833. The SMILES string of the molecule is Cc1cc(C)c2nc(-c3ccc(Cl)cc3)cc(C(=O)Nc3ccc(Br)c(Cl)c3)c2c1. The third kappa shape index (κ3) is 4.22. The summed E-state index contributed by atoms with van der Waals surface area (Å²) in [5.74, 6) is -0.221. The van der Waals surface area contributed by atoms with Crippen LogP contribution >= 0.6 is 39.1 Å². The van der Waals surface area contributed by atoms with Crippen molar-refractivity contribution in [2.24, 2.45) is 0 Å². The number of benzene rings is 3. The highest BCUT2D eigenvalue weighted by atomic mass is 79.9. The van der Waals surface area contributed by atoms with Gasteiger partial charge >= 0.3 is 0 Å². The lowest BCUT2D eigenvalue weighted by atomic mass is 9.99. The first kappa shape index (κ1) is 20.9. The molecule has 3 aromatic carbocycles. The molecule has 0 aliphatic rings. The van der Waals surface area contributed by atoms with Gasteiger partial charge < -0.3 is 5.32 Å². The van der Waals surface area contributed by atoms with E-state index in [2.05, 4.69) is 27.3 Å². The van der Waals surface area contributed by atoms with Crippen LogP contribution in [0.25, 0.3) is 22.2 Å². The molecule has 0 radical (unpaired) electrons. The largest absolute Gasteiger partial charge is 0.322 e. The summed E-state index contributed by atoms with van der Waals surface area (Å²) >= 11 is 15.6. The van der Waals surface area contributed by atoms with E-state index in [4.69, 9.17) is 28.2 Å². The van der Waals surface area contributed by atoms with Gasteiger partial charge in [0.05, 0.1) is 21.8 Å². The number of halogens is 3. The van der Waals surface area contributed by atoms with Crippen molar-refractivity contribution in [2.45, 2.75) is 13.8 Å². The van der Waals surface area contributed by atoms with Crippen LogP contribution in [0.3, 0.4) is 0 Å². The number of hydrogen-bond acceptors (Lipinski definition) is 2. The van der Waals surface area contributed by atoms with Gasteiger partial charge in [-0.15, -0.1) is 0 Å². The molecule has 0 saturated carbocycles. The summed E-state index contributed by atoms with van der Waals surface area (Å²) < 4.78 is 0.771. The van der Waals surface area contributed by atoms with Gasteiger partial charge in [-0.25, -0.2) is 4.98 Å². The molecule has 1 aromatic heterocycles. The van der Waals surface area contributed by atoms with Gasteiger partial charge in [0.1, 0.15) is 0 Å². The van der Waals surface area contributed by atoms with Crippen molar-refractivity contribution in [3.8, 4) is 11.3 Å². The number of nitrogens with one attached hydrogen (secondary N) is 1. The number of fused-ring (bicyclic) bond motifs is 1. The maximum atomic E-state index is 13.3. The minimum Gasteiger partial charge on any atom is -0.322 e. The molecule has 0 saturated heterocycles. The van der Waals surface area contributed by atoms with Crippen LogP contribution in [0.1, 0.15) is 21.5 Å². The van der Waals surface area contributed by atoms with E-state index in [1.54, 1.807) is 18.2 Å². The van der Waals surface area contributed by atoms with Crippen LogP contribution in [0.2, 0.25) is 10.0 Å². The molecule has 1 N–H and O–H groups in total. The maximum absolute atomic E-state index is 13.3. The molecule has 1 amide bonds. The number of aryl methyl sites for hydroxylation is 2. The summed E-state index contributed by atoms with van der Waals surface area (Å²) in [6.07, 6.45) is 0. The number of aromatic nitrogens is 1. The molecule has 4 rings (SSSR count). The highest BCUT2D eigenvalue weighted by molar-refractivity contribution is 9.10. The zero-order valence-electron chi connectivity index (χ0n) is 16.3. The molecule has 0 atom stereocenters. The fourth-order valence-corrected chi connectivity index (χ4v) is 3.96. The number of nitrogens with zero attached hydrogens (tertiary/aromatic N) is 1. The molecular weight excluding hydrogens is 483 g/mol. The zero-order valence-corrected chi connectivity index (χ0v) is 19.4. The Kier molecular flexibility index (Phi) is 5.83. The molecule has 3 nitrogen and oxygen atoms in total. The van der Waals surface area contributed by atoms with Crippen molar-refractivity contribution in [1.82, 2.24) is 4.98 Å². The van der Waals surface area contributed by atoms with Crippen molar-refractivity contribution in [3.63, 3.8) is 0 Å². The van der Waals surface area contributed by atoms with Gasteiger partial charge in [-0.3, -0.25) is 4.79 Å². The topological polar surface area (TPSA) is 42.0 Å². The van der Waals surface area contributed by atoms with Gasteiger partial charge in [-0.2, -0.15) is 0 Å². The second kappa shape index (κ2) is 8.38. The first-order valence-corrected chi connectivity index (χ1v) is 10.8. The smallest absolute Gasteiger partial charge is 0.256 e. The summed E-state index contributed by atoms with van der Waals surface area (Å²) in [5, 5.41) is 4.94. The normalized spacial score (nSPS) is 11.0. The third-order valence-corrected chi connectivity index (χ3v) is 6.29. The van der Waals surface area contributed by atoms with Gasteiger partial charge in [-0.1, -0.05) is 47.0 Å². The molecule has 4 aromatic rings. The highest BCUT2D eigenvalue weighted by Crippen LogP contribution is 2.30. The Bertz CT molecular complexity index is 1290. The molecule has 6 heteroatoms. The standard InChI is InChI=1S/C24H17BrCl2N2O/c1-13-9-14(2)23-18(10-13)19(12-22(29-23)15-3-5-16(26)6-4-15)24(30)28-17-7-8-20(25)21(27)11-17/h3-12H,1-2H3,(H,28,30). The molecule has 0 unspecified atom stereocenters. The Balaban J connectivity index is 1.86. The van der Waals surface area contributed by atoms with Crippen LogP contribution in [-0.2, 0) is 0 Å². The van der Waals surface area contributed by atoms with Crippen LogP contribution in [0.15, 0.2) is 65.1 Å². The lowest BCUT2D eigenvalue weighted by molar-refractivity contribution is 0.102. The van der Waals surface area contributed by atoms with Crippen LogP contribution in [-0.4, -0.2) is 10.9 Å². The number of anilines is 1. The monoisotopic (exact) mass is 498 g/mol. The van der Waals surface area contributed by atoms with Crippen molar-refractivity contribution in [3.05, 3.63) is 91.9 Å². The summed E-state index contributed by atoms with van der Waals surface area (Å²) in [5.41, 5.74) is 5.66. The average molecular weight is 500 g/mol. The van der Waals surface area contributed by atoms with Crippen LogP contribution in [0, 0.1) is 13.8 Å². The van der Waals surface area contributed by atoms with Crippen molar-refractivity contribution in [1.29, 1.82) is 0 Å². The summed E-state index contributed by atoms with van der Waals surface area (Å²) in [4.78, 5) is 18.1. The van der Waals surface area contributed by atoms with E-state index < -0.39 is 0 Å². The minimum absolute atomic E-state index is 0.221. The third-order valence-electron chi connectivity index (χ3n) is 4.81.